The number of hydrogen-bond acceptors (Lipinski definition) is 3. The van der Waals surface area contributed by atoms with Crippen LogP contribution in [0.25, 0.3) is 0 Å². The predicted octanol–water partition coefficient (Wildman–Crippen LogP) is 0.139. The van der Waals surface area contributed by atoms with E-state index in [4.69, 9.17) is 0 Å². The van der Waals surface area contributed by atoms with Crippen LogP contribution in [-0.4, -0.2) is 35.7 Å². The maximum absolute atomic E-state index is 11.3. The van der Waals surface area contributed by atoms with E-state index in [0.29, 0.717) is 12.1 Å². The number of nitrogens with zero attached hydrogens (tertiary/aromatic N) is 1. The van der Waals surface area contributed by atoms with E-state index < -0.39 is 0 Å². The fourth-order valence-corrected chi connectivity index (χ4v) is 1.04. The number of aromatic amines is 1. The van der Waals surface area contributed by atoms with Gasteiger partial charge in [-0.1, -0.05) is 6.92 Å². The molecule has 1 amide bonds. The van der Waals surface area contributed by atoms with Crippen LogP contribution in [-0.2, 0) is 0 Å². The van der Waals surface area contributed by atoms with E-state index in [2.05, 4.69) is 27.8 Å². The number of amides is 1. The van der Waals surface area contributed by atoms with Crippen molar-refractivity contribution in [2.75, 3.05) is 19.6 Å². The van der Waals surface area contributed by atoms with Gasteiger partial charge >= 0.3 is 0 Å². The monoisotopic (exact) mass is 196 g/mol. The first-order valence-electron chi connectivity index (χ1n) is 4.82. The normalized spacial score (nSPS) is 10.1. The lowest BCUT2D eigenvalue weighted by molar-refractivity contribution is 0.0954. The van der Waals surface area contributed by atoms with Crippen molar-refractivity contribution < 1.29 is 4.79 Å². The minimum Gasteiger partial charge on any atom is -0.351 e. The summed E-state index contributed by atoms with van der Waals surface area (Å²) in [4.78, 5) is 11.3. The van der Waals surface area contributed by atoms with Crippen molar-refractivity contribution in [2.45, 2.75) is 13.3 Å². The van der Waals surface area contributed by atoms with Gasteiger partial charge in [-0.3, -0.25) is 9.89 Å². The Morgan fingerprint density at radius 2 is 2.36 bits per heavy atom. The average molecular weight is 196 g/mol. The second-order valence-electron chi connectivity index (χ2n) is 2.99. The highest BCUT2D eigenvalue weighted by atomic mass is 16.1. The third kappa shape index (κ3) is 3.57. The quantitative estimate of drug-likeness (QED) is 0.567. The molecule has 0 bridgehead atoms. The van der Waals surface area contributed by atoms with E-state index in [1.807, 2.05) is 0 Å². The van der Waals surface area contributed by atoms with Gasteiger partial charge in [-0.15, -0.1) is 0 Å². The van der Waals surface area contributed by atoms with Crippen molar-refractivity contribution >= 4 is 5.91 Å². The topological polar surface area (TPSA) is 69.8 Å². The van der Waals surface area contributed by atoms with Gasteiger partial charge in [0.15, 0.2) is 0 Å². The molecule has 0 saturated carbocycles. The molecule has 0 aliphatic heterocycles. The summed E-state index contributed by atoms with van der Waals surface area (Å²) >= 11 is 0. The highest BCUT2D eigenvalue weighted by Crippen LogP contribution is 1.91. The van der Waals surface area contributed by atoms with Crippen LogP contribution < -0.4 is 10.6 Å². The highest BCUT2D eigenvalue weighted by molar-refractivity contribution is 5.93. The summed E-state index contributed by atoms with van der Waals surface area (Å²) in [5.41, 5.74) is 0.570. The van der Waals surface area contributed by atoms with Gasteiger partial charge in [0, 0.05) is 19.3 Å². The van der Waals surface area contributed by atoms with Crippen molar-refractivity contribution in [1.82, 2.24) is 20.8 Å². The summed E-state index contributed by atoms with van der Waals surface area (Å²) < 4.78 is 0. The number of H-pyrrole nitrogens is 1. The van der Waals surface area contributed by atoms with E-state index in [1.165, 1.54) is 6.20 Å². The maximum atomic E-state index is 11.3. The second-order valence-corrected chi connectivity index (χ2v) is 2.99. The molecule has 0 saturated heterocycles. The SMILES string of the molecule is CCCNCCNC(=O)c1cn[nH]c1. The summed E-state index contributed by atoms with van der Waals surface area (Å²) in [5, 5.41) is 12.3. The molecule has 0 aliphatic carbocycles. The molecule has 1 aromatic heterocycles. The molecule has 14 heavy (non-hydrogen) atoms. The van der Waals surface area contributed by atoms with Crippen molar-refractivity contribution in [1.29, 1.82) is 0 Å². The standard InChI is InChI=1S/C9H16N4O/c1-2-3-10-4-5-11-9(14)8-6-12-13-7-8/h6-7,10H,2-5H2,1H3,(H,11,14)(H,12,13). The summed E-state index contributed by atoms with van der Waals surface area (Å²) in [6.07, 6.45) is 4.19. The Labute approximate surface area is 83.3 Å². The number of aromatic nitrogens is 2. The molecule has 1 rings (SSSR count). The van der Waals surface area contributed by atoms with Gasteiger partial charge < -0.3 is 10.6 Å². The number of carbonyl (C=O) groups excluding carboxylic acids is 1. The average Bonchev–Trinajstić information content (AvgIpc) is 2.70. The van der Waals surface area contributed by atoms with Gasteiger partial charge in [0.25, 0.3) is 5.91 Å². The third-order valence-corrected chi connectivity index (χ3v) is 1.77. The first-order chi connectivity index (χ1) is 6.84. The molecule has 1 aromatic rings. The maximum Gasteiger partial charge on any atom is 0.254 e. The molecule has 5 nitrogen and oxygen atoms in total. The molecular formula is C9H16N4O. The van der Waals surface area contributed by atoms with E-state index in [9.17, 15) is 4.79 Å². The Bertz CT molecular complexity index is 258. The predicted molar refractivity (Wildman–Crippen MR) is 54.1 cm³/mol. The van der Waals surface area contributed by atoms with E-state index in [0.717, 1.165) is 19.5 Å². The first kappa shape index (κ1) is 10.7. The van der Waals surface area contributed by atoms with Gasteiger partial charge in [-0.2, -0.15) is 5.10 Å². The lowest BCUT2D eigenvalue weighted by atomic mass is 10.3. The zero-order valence-electron chi connectivity index (χ0n) is 8.34. The molecule has 3 N–H and O–H groups in total. The molecule has 5 heteroatoms. The third-order valence-electron chi connectivity index (χ3n) is 1.77. The van der Waals surface area contributed by atoms with Gasteiger partial charge in [0.2, 0.25) is 0 Å². The van der Waals surface area contributed by atoms with Gasteiger partial charge in [-0.05, 0) is 13.0 Å². The highest BCUT2D eigenvalue weighted by Gasteiger charge is 2.03. The number of nitrogens with one attached hydrogen (secondary N) is 3. The van der Waals surface area contributed by atoms with Gasteiger partial charge in [0.1, 0.15) is 0 Å². The summed E-state index contributed by atoms with van der Waals surface area (Å²) in [6, 6.07) is 0. The van der Waals surface area contributed by atoms with E-state index in [1.54, 1.807) is 6.20 Å². The second kappa shape index (κ2) is 6.15. The van der Waals surface area contributed by atoms with Crippen LogP contribution in [0.2, 0.25) is 0 Å². The van der Waals surface area contributed by atoms with Crippen molar-refractivity contribution in [2.24, 2.45) is 0 Å². The molecule has 0 fully saturated rings. The Kier molecular flexibility index (Phi) is 4.71. The zero-order valence-corrected chi connectivity index (χ0v) is 8.34. The first-order valence-corrected chi connectivity index (χ1v) is 4.82. The minimum absolute atomic E-state index is 0.0861. The summed E-state index contributed by atoms with van der Waals surface area (Å²) in [6.45, 7) is 4.54. The zero-order chi connectivity index (χ0) is 10.2. The van der Waals surface area contributed by atoms with Crippen LogP contribution >= 0.6 is 0 Å². The lowest BCUT2D eigenvalue weighted by Gasteiger charge is -2.04. The largest absolute Gasteiger partial charge is 0.351 e. The van der Waals surface area contributed by atoms with Crippen LogP contribution in [0.5, 0.6) is 0 Å². The summed E-state index contributed by atoms with van der Waals surface area (Å²) in [5.74, 6) is -0.0861. The molecule has 0 spiro atoms. The number of hydrogen-bond donors (Lipinski definition) is 3. The Morgan fingerprint density at radius 1 is 1.50 bits per heavy atom. The fraction of sp³-hybridized carbons (Fsp3) is 0.556. The number of rotatable bonds is 6. The van der Waals surface area contributed by atoms with Crippen molar-refractivity contribution in [3.8, 4) is 0 Å². The summed E-state index contributed by atoms with van der Waals surface area (Å²) in [7, 11) is 0. The van der Waals surface area contributed by atoms with E-state index >= 15 is 0 Å². The van der Waals surface area contributed by atoms with Gasteiger partial charge in [0.05, 0.1) is 11.8 Å². The Balaban J connectivity index is 2.10. The fourth-order valence-electron chi connectivity index (χ4n) is 1.04. The molecule has 0 aliphatic rings. The van der Waals surface area contributed by atoms with Crippen LogP contribution in [0.15, 0.2) is 12.4 Å². The number of carbonyl (C=O) groups is 1. The molecular weight excluding hydrogens is 180 g/mol. The van der Waals surface area contributed by atoms with Crippen LogP contribution in [0.1, 0.15) is 23.7 Å². The Hall–Kier alpha value is -1.36. The van der Waals surface area contributed by atoms with Crippen LogP contribution in [0.4, 0.5) is 0 Å². The molecule has 0 aromatic carbocycles. The molecule has 0 unspecified atom stereocenters. The lowest BCUT2D eigenvalue weighted by Crippen LogP contribution is -2.31. The van der Waals surface area contributed by atoms with Crippen molar-refractivity contribution in [3.05, 3.63) is 18.0 Å². The Morgan fingerprint density at radius 3 is 3.00 bits per heavy atom. The molecule has 0 atom stereocenters. The van der Waals surface area contributed by atoms with Crippen LogP contribution in [0.3, 0.4) is 0 Å². The smallest absolute Gasteiger partial charge is 0.254 e. The minimum atomic E-state index is -0.0861. The molecule has 78 valence electrons. The molecule has 1 heterocycles. The van der Waals surface area contributed by atoms with Crippen molar-refractivity contribution in [3.63, 3.8) is 0 Å². The van der Waals surface area contributed by atoms with Crippen LogP contribution in [0, 0.1) is 0 Å². The van der Waals surface area contributed by atoms with Gasteiger partial charge in [-0.25, -0.2) is 0 Å². The van der Waals surface area contributed by atoms with E-state index in [-0.39, 0.29) is 5.91 Å². The molecule has 0 radical (unpaired) electrons.